The van der Waals surface area contributed by atoms with Crippen LogP contribution in [0.4, 0.5) is 11.4 Å². The number of fused-ring (bicyclic) bond motifs is 3. The third-order valence-electron chi connectivity index (χ3n) is 7.58. The molecule has 3 aromatic carbocycles. The quantitative estimate of drug-likeness (QED) is 0.221. The number of benzene rings is 3. The number of methoxy groups -OCH3 is 2. The molecule has 0 bridgehead atoms. The Balaban J connectivity index is 1.44. The van der Waals surface area contributed by atoms with Gasteiger partial charge in [0.2, 0.25) is 5.91 Å². The van der Waals surface area contributed by atoms with E-state index in [0.717, 1.165) is 29.8 Å². The van der Waals surface area contributed by atoms with Crippen LogP contribution < -0.4 is 14.4 Å². The van der Waals surface area contributed by atoms with Crippen LogP contribution in [0.2, 0.25) is 0 Å². The lowest BCUT2D eigenvalue weighted by molar-refractivity contribution is -0.384. The first-order valence-electron chi connectivity index (χ1n) is 13.3. The number of carbonyl (C=O) groups is 2. The van der Waals surface area contributed by atoms with E-state index in [1.54, 1.807) is 31.3 Å². The van der Waals surface area contributed by atoms with E-state index in [1.807, 2.05) is 54.7 Å². The van der Waals surface area contributed by atoms with Crippen LogP contribution in [0.3, 0.4) is 0 Å². The number of non-ortho nitro benzene ring substituents is 1. The van der Waals surface area contributed by atoms with Gasteiger partial charge in [0.05, 0.1) is 36.2 Å². The molecule has 1 aromatic heterocycles. The molecule has 10 nitrogen and oxygen atoms in total. The molecule has 0 saturated heterocycles. The first-order chi connectivity index (χ1) is 19.9. The minimum Gasteiger partial charge on any atom is -0.497 e. The molecule has 6 rings (SSSR count). The Labute approximate surface area is 236 Å². The van der Waals surface area contributed by atoms with E-state index < -0.39 is 16.9 Å². The van der Waals surface area contributed by atoms with Crippen molar-refractivity contribution < 1.29 is 24.0 Å². The Kier molecular flexibility index (Phi) is 6.66. The predicted octanol–water partition coefficient (Wildman–Crippen LogP) is 5.14. The lowest BCUT2D eigenvalue weighted by Gasteiger charge is -2.40. The van der Waals surface area contributed by atoms with E-state index in [1.165, 1.54) is 23.1 Å². The summed E-state index contributed by atoms with van der Waals surface area (Å²) in [6.07, 6.45) is 3.49. The topological polar surface area (TPSA) is 107 Å². The SMILES string of the molecule is COc1ccc(OC)c(C2c3cccn3-c3ccccc3N2C(=O)CN(C(=O)c2cccc([N+](=O)[O-])c2)C2CC2)c1. The Hall–Kier alpha value is -5.12. The van der Waals surface area contributed by atoms with Crippen molar-refractivity contribution in [2.75, 3.05) is 25.7 Å². The summed E-state index contributed by atoms with van der Waals surface area (Å²) in [4.78, 5) is 42.1. The van der Waals surface area contributed by atoms with Gasteiger partial charge < -0.3 is 18.9 Å². The average molecular weight is 553 g/mol. The summed E-state index contributed by atoms with van der Waals surface area (Å²) in [6.45, 7) is -0.190. The van der Waals surface area contributed by atoms with Crippen molar-refractivity contribution in [2.24, 2.45) is 0 Å². The van der Waals surface area contributed by atoms with Gasteiger partial charge in [0.25, 0.3) is 11.6 Å². The number of rotatable bonds is 8. The molecule has 0 spiro atoms. The fourth-order valence-corrected chi connectivity index (χ4v) is 5.50. The zero-order valence-electron chi connectivity index (χ0n) is 22.6. The number of anilines is 1. The lowest BCUT2D eigenvalue weighted by Crippen LogP contribution is -2.47. The molecule has 1 saturated carbocycles. The second-order valence-electron chi connectivity index (χ2n) is 10.0. The van der Waals surface area contributed by atoms with Gasteiger partial charge in [-0.1, -0.05) is 18.2 Å². The van der Waals surface area contributed by atoms with Crippen LogP contribution in [0.5, 0.6) is 11.5 Å². The van der Waals surface area contributed by atoms with Gasteiger partial charge in [0, 0.05) is 35.5 Å². The summed E-state index contributed by atoms with van der Waals surface area (Å²) in [6, 6.07) is 21.9. The standard InChI is InChI=1S/C31H28N4O6/c1-40-23-14-15-28(41-2)24(18-23)30-27-11-6-16-32(27)25-9-3-4-10-26(25)34(30)29(36)19-33(21-12-13-21)31(37)20-7-5-8-22(17-20)35(38)39/h3-11,14-18,21,30H,12-13,19H2,1-2H3. The van der Waals surface area contributed by atoms with Gasteiger partial charge in [0.15, 0.2) is 0 Å². The molecule has 1 fully saturated rings. The number of hydrogen-bond donors (Lipinski definition) is 0. The first-order valence-corrected chi connectivity index (χ1v) is 13.3. The first kappa shape index (κ1) is 26.1. The minimum absolute atomic E-state index is 0.112. The van der Waals surface area contributed by atoms with Gasteiger partial charge in [-0.3, -0.25) is 24.6 Å². The van der Waals surface area contributed by atoms with E-state index >= 15 is 0 Å². The normalized spacial score (nSPS) is 15.5. The third kappa shape index (κ3) is 4.67. The fraction of sp³-hybridized carbons (Fsp3) is 0.226. The number of para-hydroxylation sites is 2. The number of nitro benzene ring substituents is 1. The van der Waals surface area contributed by atoms with Crippen molar-refractivity contribution in [3.63, 3.8) is 0 Å². The maximum Gasteiger partial charge on any atom is 0.270 e. The molecular formula is C31H28N4O6. The number of nitrogens with zero attached hydrogens (tertiary/aromatic N) is 4. The van der Waals surface area contributed by atoms with Crippen molar-refractivity contribution in [3.05, 3.63) is 112 Å². The average Bonchev–Trinajstić information content (AvgIpc) is 3.73. The molecule has 1 aliphatic carbocycles. The van der Waals surface area contributed by atoms with Crippen LogP contribution in [-0.2, 0) is 4.79 Å². The summed E-state index contributed by atoms with van der Waals surface area (Å²) in [5.74, 6) is 0.511. The fourth-order valence-electron chi connectivity index (χ4n) is 5.50. The Morgan fingerprint density at radius 2 is 1.73 bits per heavy atom. The van der Waals surface area contributed by atoms with Crippen LogP contribution in [-0.4, -0.2) is 53.0 Å². The zero-order chi connectivity index (χ0) is 28.7. The number of amides is 2. The highest BCUT2D eigenvalue weighted by Crippen LogP contribution is 2.45. The molecule has 41 heavy (non-hydrogen) atoms. The van der Waals surface area contributed by atoms with Crippen LogP contribution in [0.25, 0.3) is 5.69 Å². The maximum atomic E-state index is 14.4. The largest absolute Gasteiger partial charge is 0.497 e. The van der Waals surface area contributed by atoms with Crippen molar-refractivity contribution in [1.29, 1.82) is 0 Å². The number of aromatic nitrogens is 1. The Morgan fingerprint density at radius 1 is 0.951 bits per heavy atom. The van der Waals surface area contributed by atoms with Crippen LogP contribution in [0.15, 0.2) is 85.1 Å². The summed E-state index contributed by atoms with van der Waals surface area (Å²) >= 11 is 0. The minimum atomic E-state index is -0.577. The third-order valence-corrected chi connectivity index (χ3v) is 7.58. The summed E-state index contributed by atoms with van der Waals surface area (Å²) in [5.41, 5.74) is 3.12. The van der Waals surface area contributed by atoms with E-state index in [-0.39, 0.29) is 29.7 Å². The predicted molar refractivity (Wildman–Crippen MR) is 152 cm³/mol. The summed E-state index contributed by atoms with van der Waals surface area (Å²) in [5, 5.41) is 11.3. The second kappa shape index (κ2) is 10.5. The molecule has 2 amide bonds. The van der Waals surface area contributed by atoms with Crippen LogP contribution in [0.1, 0.15) is 40.5 Å². The van der Waals surface area contributed by atoms with E-state index in [4.69, 9.17) is 9.47 Å². The highest BCUT2D eigenvalue weighted by atomic mass is 16.6. The Bertz CT molecular complexity index is 1660. The molecule has 0 radical (unpaired) electrons. The van der Waals surface area contributed by atoms with Crippen molar-refractivity contribution in [3.8, 4) is 17.2 Å². The molecule has 208 valence electrons. The van der Waals surface area contributed by atoms with Gasteiger partial charge >= 0.3 is 0 Å². The molecule has 1 unspecified atom stereocenters. The summed E-state index contributed by atoms with van der Waals surface area (Å²) < 4.78 is 13.3. The van der Waals surface area contributed by atoms with Gasteiger partial charge in [-0.25, -0.2) is 0 Å². The lowest BCUT2D eigenvalue weighted by atomic mass is 9.96. The van der Waals surface area contributed by atoms with Gasteiger partial charge in [-0.15, -0.1) is 0 Å². The van der Waals surface area contributed by atoms with E-state index in [2.05, 4.69) is 4.57 Å². The zero-order valence-corrected chi connectivity index (χ0v) is 22.6. The number of ether oxygens (including phenoxy) is 2. The molecule has 2 aliphatic rings. The smallest absolute Gasteiger partial charge is 0.270 e. The molecule has 2 heterocycles. The highest BCUT2D eigenvalue weighted by Gasteiger charge is 2.41. The number of nitro groups is 1. The highest BCUT2D eigenvalue weighted by molar-refractivity contribution is 6.03. The van der Waals surface area contributed by atoms with Crippen LogP contribution in [0, 0.1) is 10.1 Å². The monoisotopic (exact) mass is 552 g/mol. The molecular weight excluding hydrogens is 524 g/mol. The Morgan fingerprint density at radius 3 is 2.44 bits per heavy atom. The second-order valence-corrected chi connectivity index (χ2v) is 10.0. The number of carbonyl (C=O) groups excluding carboxylic acids is 2. The number of hydrogen-bond acceptors (Lipinski definition) is 6. The summed E-state index contributed by atoms with van der Waals surface area (Å²) in [7, 11) is 3.17. The van der Waals surface area contributed by atoms with Gasteiger partial charge in [-0.05, 0) is 61.4 Å². The van der Waals surface area contributed by atoms with Crippen molar-refractivity contribution >= 4 is 23.2 Å². The molecule has 4 aromatic rings. The van der Waals surface area contributed by atoms with Crippen molar-refractivity contribution in [1.82, 2.24) is 9.47 Å². The van der Waals surface area contributed by atoms with Gasteiger partial charge in [-0.2, -0.15) is 0 Å². The van der Waals surface area contributed by atoms with Crippen molar-refractivity contribution in [2.45, 2.75) is 24.9 Å². The molecule has 10 heteroatoms. The molecule has 1 aliphatic heterocycles. The van der Waals surface area contributed by atoms with E-state index in [0.29, 0.717) is 17.2 Å². The van der Waals surface area contributed by atoms with Crippen LogP contribution >= 0.6 is 0 Å². The maximum absolute atomic E-state index is 14.4. The molecule has 1 atom stereocenters. The van der Waals surface area contributed by atoms with E-state index in [9.17, 15) is 19.7 Å². The van der Waals surface area contributed by atoms with Gasteiger partial charge in [0.1, 0.15) is 24.1 Å². The molecule has 0 N–H and O–H groups in total.